The maximum absolute atomic E-state index is 11.1. The van der Waals surface area contributed by atoms with Gasteiger partial charge in [0.15, 0.2) is 0 Å². The van der Waals surface area contributed by atoms with Gasteiger partial charge in [-0.2, -0.15) is 0 Å². The molecule has 0 spiro atoms. The molecule has 1 aliphatic rings. The summed E-state index contributed by atoms with van der Waals surface area (Å²) in [7, 11) is 0. The van der Waals surface area contributed by atoms with Crippen LogP contribution in [-0.4, -0.2) is 35.5 Å². The van der Waals surface area contributed by atoms with Crippen LogP contribution in [0.3, 0.4) is 0 Å². The van der Waals surface area contributed by atoms with Gasteiger partial charge in [0.25, 0.3) is 5.69 Å². The zero-order valence-electron chi connectivity index (χ0n) is 12.3. The highest BCUT2D eigenvalue weighted by Gasteiger charge is 2.21. The molecule has 1 atom stereocenters. The Morgan fingerprint density at radius 1 is 1.40 bits per heavy atom. The Morgan fingerprint density at radius 3 is 2.70 bits per heavy atom. The lowest BCUT2D eigenvalue weighted by molar-refractivity contribution is -0.384. The molecule has 1 N–H and O–H groups in total. The van der Waals surface area contributed by atoms with Crippen LogP contribution in [0, 0.1) is 17.0 Å². The number of rotatable bonds is 6. The van der Waals surface area contributed by atoms with Gasteiger partial charge < -0.3 is 5.32 Å². The van der Waals surface area contributed by atoms with Crippen LogP contribution in [0.15, 0.2) is 18.2 Å². The van der Waals surface area contributed by atoms with Crippen molar-refractivity contribution in [3.63, 3.8) is 0 Å². The summed E-state index contributed by atoms with van der Waals surface area (Å²) in [5.41, 5.74) is 1.70. The summed E-state index contributed by atoms with van der Waals surface area (Å²) in [5, 5.41) is 14.4. The largest absolute Gasteiger partial charge is 0.378 e. The van der Waals surface area contributed by atoms with Crippen molar-refractivity contribution in [3.05, 3.63) is 33.9 Å². The van der Waals surface area contributed by atoms with Crippen molar-refractivity contribution >= 4 is 11.4 Å². The van der Waals surface area contributed by atoms with Crippen molar-refractivity contribution in [1.29, 1.82) is 0 Å². The fraction of sp³-hybridized carbons (Fsp3) is 0.600. The maximum atomic E-state index is 11.1. The highest BCUT2D eigenvalue weighted by atomic mass is 16.6. The van der Waals surface area contributed by atoms with Crippen molar-refractivity contribution in [2.45, 2.75) is 39.2 Å². The van der Waals surface area contributed by atoms with Gasteiger partial charge in [-0.15, -0.1) is 0 Å². The first kappa shape index (κ1) is 14.8. The van der Waals surface area contributed by atoms with E-state index in [0.717, 1.165) is 31.6 Å². The first-order valence-corrected chi connectivity index (χ1v) is 7.34. The molecule has 0 saturated carbocycles. The maximum Gasteiger partial charge on any atom is 0.292 e. The van der Waals surface area contributed by atoms with Gasteiger partial charge in [-0.1, -0.05) is 13.0 Å². The lowest BCUT2D eigenvalue weighted by Gasteiger charge is -2.26. The minimum absolute atomic E-state index is 0.168. The van der Waals surface area contributed by atoms with Crippen molar-refractivity contribution in [3.8, 4) is 0 Å². The van der Waals surface area contributed by atoms with Crippen LogP contribution in [0.1, 0.15) is 31.7 Å². The van der Waals surface area contributed by atoms with Gasteiger partial charge in [0.2, 0.25) is 0 Å². The first-order chi connectivity index (χ1) is 9.61. The van der Waals surface area contributed by atoms with E-state index in [1.54, 1.807) is 6.07 Å². The molecule has 0 amide bonds. The van der Waals surface area contributed by atoms with Gasteiger partial charge in [0, 0.05) is 18.7 Å². The number of nitrogens with one attached hydrogen (secondary N) is 1. The number of likely N-dealkylation sites (tertiary alicyclic amines) is 1. The third kappa shape index (κ3) is 3.48. The van der Waals surface area contributed by atoms with E-state index in [1.165, 1.54) is 12.8 Å². The molecular formula is C15H23N3O2. The van der Waals surface area contributed by atoms with E-state index in [0.29, 0.717) is 11.7 Å². The van der Waals surface area contributed by atoms with E-state index < -0.39 is 0 Å². The Labute approximate surface area is 120 Å². The van der Waals surface area contributed by atoms with Crippen molar-refractivity contribution in [1.82, 2.24) is 4.90 Å². The summed E-state index contributed by atoms with van der Waals surface area (Å²) < 4.78 is 0. The zero-order valence-corrected chi connectivity index (χ0v) is 12.3. The average Bonchev–Trinajstić information content (AvgIpc) is 2.94. The molecule has 1 saturated heterocycles. The lowest BCUT2D eigenvalue weighted by Crippen LogP contribution is -2.37. The third-order valence-corrected chi connectivity index (χ3v) is 4.01. The minimum Gasteiger partial charge on any atom is -0.378 e. The highest BCUT2D eigenvalue weighted by molar-refractivity contribution is 5.62. The number of nitro benzene ring substituents is 1. The number of nitro groups is 1. The molecule has 0 bridgehead atoms. The monoisotopic (exact) mass is 277 g/mol. The van der Waals surface area contributed by atoms with Gasteiger partial charge in [0.05, 0.1) is 4.92 Å². The number of nitrogens with zero attached hydrogens (tertiary/aromatic N) is 2. The molecule has 1 aromatic carbocycles. The molecule has 1 unspecified atom stereocenters. The smallest absolute Gasteiger partial charge is 0.292 e. The fourth-order valence-corrected chi connectivity index (χ4v) is 2.81. The summed E-state index contributed by atoms with van der Waals surface area (Å²) in [6.45, 7) is 7.11. The fourth-order valence-electron chi connectivity index (χ4n) is 2.81. The SMILES string of the molecule is CCC(CNc1ccc(C)cc1[N+](=O)[O-])N1CCCC1. The molecule has 1 heterocycles. The molecule has 20 heavy (non-hydrogen) atoms. The van der Waals surface area contributed by atoms with Gasteiger partial charge in [-0.05, 0) is 50.9 Å². The number of hydrogen-bond acceptors (Lipinski definition) is 4. The van der Waals surface area contributed by atoms with Gasteiger partial charge in [-0.25, -0.2) is 0 Å². The highest BCUT2D eigenvalue weighted by Crippen LogP contribution is 2.25. The molecule has 0 aliphatic carbocycles. The van der Waals surface area contributed by atoms with Crippen LogP contribution in [0.4, 0.5) is 11.4 Å². The Morgan fingerprint density at radius 2 is 2.10 bits per heavy atom. The number of aryl methyl sites for hydroxylation is 1. The van der Waals surface area contributed by atoms with E-state index in [2.05, 4.69) is 17.1 Å². The van der Waals surface area contributed by atoms with Crippen LogP contribution >= 0.6 is 0 Å². The Balaban J connectivity index is 2.03. The van der Waals surface area contributed by atoms with Crippen molar-refractivity contribution in [2.75, 3.05) is 25.0 Å². The molecule has 1 aliphatic heterocycles. The minimum atomic E-state index is -0.313. The quantitative estimate of drug-likeness (QED) is 0.641. The first-order valence-electron chi connectivity index (χ1n) is 7.34. The molecule has 5 heteroatoms. The average molecular weight is 277 g/mol. The zero-order chi connectivity index (χ0) is 14.5. The second-order valence-electron chi connectivity index (χ2n) is 5.46. The molecular weight excluding hydrogens is 254 g/mol. The summed E-state index contributed by atoms with van der Waals surface area (Å²) in [4.78, 5) is 13.3. The summed E-state index contributed by atoms with van der Waals surface area (Å²) in [5.74, 6) is 0. The van der Waals surface area contributed by atoms with Crippen molar-refractivity contribution in [2.24, 2.45) is 0 Å². The standard InChI is InChI=1S/C15H23N3O2/c1-3-13(17-8-4-5-9-17)11-16-14-7-6-12(2)10-15(14)18(19)20/h6-7,10,13,16H,3-5,8-9,11H2,1-2H3. The summed E-state index contributed by atoms with van der Waals surface area (Å²) in [6.07, 6.45) is 3.59. The Kier molecular flexibility index (Phi) is 4.95. The van der Waals surface area contributed by atoms with Crippen LogP contribution in [0.5, 0.6) is 0 Å². The summed E-state index contributed by atoms with van der Waals surface area (Å²) in [6, 6.07) is 5.80. The lowest BCUT2D eigenvalue weighted by atomic mass is 10.1. The van der Waals surface area contributed by atoms with Gasteiger partial charge in [-0.3, -0.25) is 15.0 Å². The van der Waals surface area contributed by atoms with Crippen LogP contribution in [-0.2, 0) is 0 Å². The van der Waals surface area contributed by atoms with E-state index in [1.807, 2.05) is 19.1 Å². The Hall–Kier alpha value is -1.62. The Bertz CT molecular complexity index is 470. The normalized spacial score (nSPS) is 17.1. The molecule has 110 valence electrons. The molecule has 0 radical (unpaired) electrons. The van der Waals surface area contributed by atoms with Crippen LogP contribution in [0.2, 0.25) is 0 Å². The van der Waals surface area contributed by atoms with Crippen LogP contribution < -0.4 is 5.32 Å². The van der Waals surface area contributed by atoms with E-state index in [4.69, 9.17) is 0 Å². The molecule has 0 aromatic heterocycles. The van der Waals surface area contributed by atoms with E-state index >= 15 is 0 Å². The number of hydrogen-bond donors (Lipinski definition) is 1. The van der Waals surface area contributed by atoms with E-state index in [-0.39, 0.29) is 10.6 Å². The number of benzene rings is 1. The predicted molar refractivity (Wildman–Crippen MR) is 81.2 cm³/mol. The van der Waals surface area contributed by atoms with Gasteiger partial charge >= 0.3 is 0 Å². The topological polar surface area (TPSA) is 58.4 Å². The number of anilines is 1. The predicted octanol–water partition coefficient (Wildman–Crippen LogP) is 3.19. The van der Waals surface area contributed by atoms with E-state index in [9.17, 15) is 10.1 Å². The molecule has 5 nitrogen and oxygen atoms in total. The second kappa shape index (κ2) is 6.70. The summed E-state index contributed by atoms with van der Waals surface area (Å²) >= 11 is 0. The van der Waals surface area contributed by atoms with Gasteiger partial charge in [0.1, 0.15) is 5.69 Å². The third-order valence-electron chi connectivity index (χ3n) is 4.01. The molecule has 2 rings (SSSR count). The van der Waals surface area contributed by atoms with Crippen LogP contribution in [0.25, 0.3) is 0 Å². The van der Waals surface area contributed by atoms with Crippen molar-refractivity contribution < 1.29 is 4.92 Å². The second-order valence-corrected chi connectivity index (χ2v) is 5.46. The molecule has 1 aromatic rings. The molecule has 1 fully saturated rings.